The summed E-state index contributed by atoms with van der Waals surface area (Å²) < 4.78 is 11.9. The van der Waals surface area contributed by atoms with Gasteiger partial charge in [-0.2, -0.15) is 0 Å². The van der Waals surface area contributed by atoms with Gasteiger partial charge in [0.1, 0.15) is 6.67 Å². The molecule has 0 atom stereocenters. The molecule has 0 aliphatic heterocycles. The molecule has 1 N–H and O–H groups in total. The first-order valence-corrected chi connectivity index (χ1v) is 2.98. The van der Waals surface area contributed by atoms with Gasteiger partial charge in [0.25, 0.3) is 0 Å². The first kappa shape index (κ1) is 6.99. The van der Waals surface area contributed by atoms with Crippen LogP contribution in [0, 0.1) is 6.92 Å². The summed E-state index contributed by atoms with van der Waals surface area (Å²) in [5.41, 5.74) is 0.883. The molecular weight excluding hydrogens is 133 g/mol. The topological polar surface area (TPSA) is 32.9 Å². The van der Waals surface area contributed by atoms with Crippen LogP contribution < -0.4 is 5.56 Å². The summed E-state index contributed by atoms with van der Waals surface area (Å²) in [6.45, 7) is 1.14. The third-order valence-corrected chi connectivity index (χ3v) is 1.19. The molecule has 0 fully saturated rings. The molecule has 0 aliphatic rings. The van der Waals surface area contributed by atoms with Gasteiger partial charge < -0.3 is 4.98 Å². The van der Waals surface area contributed by atoms with Crippen molar-refractivity contribution in [2.75, 3.05) is 0 Å². The number of halogens is 1. The number of hydrogen-bond donors (Lipinski definition) is 1. The molecule has 1 aromatic rings. The molecule has 0 unspecified atom stereocenters. The summed E-state index contributed by atoms with van der Waals surface area (Å²) in [5, 5.41) is 0. The summed E-state index contributed by atoms with van der Waals surface area (Å²) in [6.07, 6.45) is 0. The second-order valence-corrected chi connectivity index (χ2v) is 2.18. The van der Waals surface area contributed by atoms with Crippen molar-refractivity contribution in [1.82, 2.24) is 4.98 Å². The van der Waals surface area contributed by atoms with E-state index in [-0.39, 0.29) is 5.56 Å². The van der Waals surface area contributed by atoms with Crippen LogP contribution in [0.15, 0.2) is 16.9 Å². The van der Waals surface area contributed by atoms with Gasteiger partial charge in [-0.05, 0) is 18.6 Å². The van der Waals surface area contributed by atoms with Gasteiger partial charge in [-0.25, -0.2) is 4.39 Å². The smallest absolute Gasteiger partial charge is 0.248 e. The molecular formula is C7H8FNO. The van der Waals surface area contributed by atoms with E-state index in [0.717, 1.165) is 5.56 Å². The third-order valence-electron chi connectivity index (χ3n) is 1.19. The van der Waals surface area contributed by atoms with Crippen LogP contribution in [0.4, 0.5) is 4.39 Å². The highest BCUT2D eigenvalue weighted by Gasteiger charge is 1.92. The molecule has 0 saturated carbocycles. The zero-order chi connectivity index (χ0) is 7.56. The van der Waals surface area contributed by atoms with E-state index in [1.165, 1.54) is 6.07 Å². The van der Waals surface area contributed by atoms with E-state index in [1.807, 2.05) is 0 Å². The number of nitrogens with one attached hydrogen (secondary N) is 1. The van der Waals surface area contributed by atoms with Gasteiger partial charge in [0.15, 0.2) is 0 Å². The fourth-order valence-corrected chi connectivity index (χ4v) is 0.826. The Kier molecular flexibility index (Phi) is 1.85. The predicted molar refractivity (Wildman–Crippen MR) is 36.6 cm³/mol. The lowest BCUT2D eigenvalue weighted by atomic mass is 10.2. The summed E-state index contributed by atoms with van der Waals surface area (Å²) in [7, 11) is 0. The average molecular weight is 141 g/mol. The molecule has 10 heavy (non-hydrogen) atoms. The van der Waals surface area contributed by atoms with E-state index in [4.69, 9.17) is 0 Å². The van der Waals surface area contributed by atoms with E-state index in [1.54, 1.807) is 13.0 Å². The average Bonchev–Trinajstić information content (AvgIpc) is 1.85. The second kappa shape index (κ2) is 2.64. The Morgan fingerprint density at radius 3 is 2.80 bits per heavy atom. The van der Waals surface area contributed by atoms with Gasteiger partial charge >= 0.3 is 0 Å². The molecule has 0 bridgehead atoms. The molecule has 0 saturated heterocycles. The predicted octanol–water partition coefficient (Wildman–Crippen LogP) is 1.15. The van der Waals surface area contributed by atoms with Crippen molar-refractivity contribution in [2.24, 2.45) is 0 Å². The Balaban J connectivity index is 3.19. The third kappa shape index (κ3) is 1.43. The molecule has 0 aromatic carbocycles. The molecule has 0 radical (unpaired) electrons. The second-order valence-electron chi connectivity index (χ2n) is 2.18. The minimum atomic E-state index is -0.614. The molecule has 1 rings (SSSR count). The molecule has 3 heteroatoms. The molecule has 1 aromatic heterocycles. The normalized spacial score (nSPS) is 9.80. The zero-order valence-electron chi connectivity index (χ0n) is 5.65. The molecule has 54 valence electrons. The maximum absolute atomic E-state index is 11.9. The van der Waals surface area contributed by atoms with Crippen molar-refractivity contribution < 1.29 is 4.39 Å². The van der Waals surface area contributed by atoms with Gasteiger partial charge in [0.2, 0.25) is 5.56 Å². The fraction of sp³-hybridized carbons (Fsp3) is 0.286. The first-order chi connectivity index (χ1) is 4.72. The Hall–Kier alpha value is -1.12. The number of rotatable bonds is 1. The SMILES string of the molecule is Cc1cc(CF)[nH]c(=O)c1. The van der Waals surface area contributed by atoms with Crippen LogP contribution in [-0.2, 0) is 6.67 Å². The molecule has 0 spiro atoms. The van der Waals surface area contributed by atoms with Crippen molar-refractivity contribution in [2.45, 2.75) is 13.6 Å². The number of aryl methyl sites for hydroxylation is 1. The Bertz CT molecular complexity index is 279. The van der Waals surface area contributed by atoms with Crippen LogP contribution in [0.1, 0.15) is 11.3 Å². The largest absolute Gasteiger partial charge is 0.324 e. The van der Waals surface area contributed by atoms with E-state index < -0.39 is 6.67 Å². The molecule has 0 aliphatic carbocycles. The van der Waals surface area contributed by atoms with Crippen LogP contribution in [-0.4, -0.2) is 4.98 Å². The summed E-state index contributed by atoms with van der Waals surface area (Å²) in [5.74, 6) is 0. The van der Waals surface area contributed by atoms with E-state index in [9.17, 15) is 9.18 Å². The van der Waals surface area contributed by atoms with Crippen molar-refractivity contribution in [3.8, 4) is 0 Å². The van der Waals surface area contributed by atoms with Crippen LogP contribution in [0.2, 0.25) is 0 Å². The minimum absolute atomic E-state index is 0.243. The molecule has 2 nitrogen and oxygen atoms in total. The monoisotopic (exact) mass is 141 g/mol. The number of aromatic nitrogens is 1. The van der Waals surface area contributed by atoms with Crippen LogP contribution in [0.5, 0.6) is 0 Å². The number of H-pyrrole nitrogens is 1. The molecule has 0 amide bonds. The van der Waals surface area contributed by atoms with Gasteiger partial charge in [0.05, 0.1) is 0 Å². The van der Waals surface area contributed by atoms with E-state index in [0.29, 0.717) is 5.69 Å². The van der Waals surface area contributed by atoms with Gasteiger partial charge in [-0.3, -0.25) is 4.79 Å². The highest BCUT2D eigenvalue weighted by Crippen LogP contribution is 1.97. The number of hydrogen-bond acceptors (Lipinski definition) is 1. The van der Waals surface area contributed by atoms with Gasteiger partial charge in [-0.1, -0.05) is 0 Å². The number of pyridine rings is 1. The quantitative estimate of drug-likeness (QED) is 0.625. The van der Waals surface area contributed by atoms with Crippen molar-refractivity contribution in [1.29, 1.82) is 0 Å². The van der Waals surface area contributed by atoms with E-state index in [2.05, 4.69) is 4.98 Å². The van der Waals surface area contributed by atoms with E-state index >= 15 is 0 Å². The molecule has 1 heterocycles. The Morgan fingerprint density at radius 1 is 1.60 bits per heavy atom. The fourth-order valence-electron chi connectivity index (χ4n) is 0.826. The summed E-state index contributed by atoms with van der Waals surface area (Å²) in [4.78, 5) is 13.0. The van der Waals surface area contributed by atoms with Gasteiger partial charge in [0, 0.05) is 11.8 Å². The first-order valence-electron chi connectivity index (χ1n) is 2.98. The number of aromatic amines is 1. The lowest BCUT2D eigenvalue weighted by Crippen LogP contribution is -2.06. The minimum Gasteiger partial charge on any atom is -0.324 e. The zero-order valence-corrected chi connectivity index (χ0v) is 5.65. The summed E-state index contributed by atoms with van der Waals surface area (Å²) in [6, 6.07) is 3.04. The Morgan fingerprint density at radius 2 is 2.30 bits per heavy atom. The summed E-state index contributed by atoms with van der Waals surface area (Å²) >= 11 is 0. The maximum atomic E-state index is 11.9. The van der Waals surface area contributed by atoms with Crippen molar-refractivity contribution in [3.05, 3.63) is 33.7 Å². The van der Waals surface area contributed by atoms with Crippen LogP contribution in [0.25, 0.3) is 0 Å². The lowest BCUT2D eigenvalue weighted by Gasteiger charge is -1.94. The standard InChI is InChI=1S/C7H8FNO/c1-5-2-6(4-8)9-7(10)3-5/h2-3H,4H2,1H3,(H,9,10). The highest BCUT2D eigenvalue weighted by molar-refractivity contribution is 5.13. The van der Waals surface area contributed by atoms with Crippen molar-refractivity contribution >= 4 is 0 Å². The van der Waals surface area contributed by atoms with Gasteiger partial charge in [-0.15, -0.1) is 0 Å². The van der Waals surface area contributed by atoms with Crippen LogP contribution >= 0.6 is 0 Å². The Labute approximate surface area is 57.7 Å². The van der Waals surface area contributed by atoms with Crippen LogP contribution in [0.3, 0.4) is 0 Å². The number of alkyl halides is 1. The highest BCUT2D eigenvalue weighted by atomic mass is 19.1. The maximum Gasteiger partial charge on any atom is 0.248 e. The van der Waals surface area contributed by atoms with Crippen molar-refractivity contribution in [3.63, 3.8) is 0 Å². The lowest BCUT2D eigenvalue weighted by molar-refractivity contribution is 0.475.